The Morgan fingerprint density at radius 1 is 0.947 bits per heavy atom. The molecule has 1 N–H and O–H groups in total. The molecule has 2 bridgehead atoms. The van der Waals surface area contributed by atoms with Gasteiger partial charge in [0.05, 0.1) is 5.92 Å². The Morgan fingerprint density at radius 3 is 2.79 bits per heavy atom. The summed E-state index contributed by atoms with van der Waals surface area (Å²) < 4.78 is 2.51. The fraction of sp³-hybridized carbons (Fsp3) is 0.588. The molecule has 1 aromatic carbocycles. The van der Waals surface area contributed by atoms with Gasteiger partial charge in [0.15, 0.2) is 6.21 Å². The predicted molar refractivity (Wildman–Crippen MR) is 80.6 cm³/mol. The highest BCUT2D eigenvalue weighted by atomic mass is 15.0. The van der Waals surface area contributed by atoms with Gasteiger partial charge in [0.25, 0.3) is 0 Å². The number of nitrogens with one attached hydrogen (secondary N) is 1. The van der Waals surface area contributed by atoms with E-state index in [4.69, 9.17) is 0 Å². The SMILES string of the molecule is C1=[N+]2CCCCCCNCCCC1c1ccccc12. The van der Waals surface area contributed by atoms with Crippen LogP contribution in [0.3, 0.4) is 0 Å². The summed E-state index contributed by atoms with van der Waals surface area (Å²) in [4.78, 5) is 0. The van der Waals surface area contributed by atoms with Gasteiger partial charge >= 0.3 is 0 Å². The van der Waals surface area contributed by atoms with Gasteiger partial charge in [0, 0.05) is 18.1 Å². The van der Waals surface area contributed by atoms with Crippen LogP contribution >= 0.6 is 0 Å². The standard InChI is InChI=1S/C17H25N2/c1-2-6-13-19-14-15(8-7-12-18-11-5-1)16-9-3-4-10-17(16)19/h3-4,9-10,14-15,18H,1-2,5-8,11-13H2/q+1. The van der Waals surface area contributed by atoms with Crippen molar-refractivity contribution in [1.82, 2.24) is 5.32 Å². The van der Waals surface area contributed by atoms with Crippen LogP contribution in [-0.2, 0) is 0 Å². The molecule has 2 nitrogen and oxygen atoms in total. The second-order valence-electron chi connectivity index (χ2n) is 5.81. The van der Waals surface area contributed by atoms with Crippen molar-refractivity contribution >= 4 is 11.9 Å². The Balaban J connectivity index is 1.77. The van der Waals surface area contributed by atoms with Gasteiger partial charge in [0.1, 0.15) is 6.54 Å². The Labute approximate surface area is 116 Å². The highest BCUT2D eigenvalue weighted by Crippen LogP contribution is 2.34. The van der Waals surface area contributed by atoms with Crippen LogP contribution in [0.1, 0.15) is 50.0 Å². The van der Waals surface area contributed by atoms with Crippen LogP contribution in [0, 0.1) is 0 Å². The third-order valence-electron chi connectivity index (χ3n) is 4.38. The van der Waals surface area contributed by atoms with Crippen molar-refractivity contribution < 1.29 is 4.58 Å². The van der Waals surface area contributed by atoms with E-state index in [0.717, 1.165) is 0 Å². The fourth-order valence-electron chi connectivity index (χ4n) is 3.32. The normalized spacial score (nSPS) is 24.6. The summed E-state index contributed by atoms with van der Waals surface area (Å²) in [5, 5.41) is 3.58. The third kappa shape index (κ3) is 3.06. The molecule has 2 heterocycles. The number of para-hydroxylation sites is 1. The molecule has 2 aliphatic rings. The lowest BCUT2D eigenvalue weighted by Crippen LogP contribution is -2.17. The third-order valence-corrected chi connectivity index (χ3v) is 4.38. The molecular formula is C17H25N2+. The molecule has 1 atom stereocenters. The van der Waals surface area contributed by atoms with Crippen molar-refractivity contribution in [2.24, 2.45) is 0 Å². The monoisotopic (exact) mass is 257 g/mol. The molecule has 0 aromatic heterocycles. The number of nitrogens with zero attached hydrogens (tertiary/aromatic N) is 1. The van der Waals surface area contributed by atoms with E-state index in [0.29, 0.717) is 5.92 Å². The summed E-state index contributed by atoms with van der Waals surface area (Å²) in [6, 6.07) is 8.96. The molecule has 0 saturated heterocycles. The van der Waals surface area contributed by atoms with Crippen molar-refractivity contribution in [3.63, 3.8) is 0 Å². The Hall–Kier alpha value is -1.15. The predicted octanol–water partition coefficient (Wildman–Crippen LogP) is 3.44. The minimum atomic E-state index is 0.638. The van der Waals surface area contributed by atoms with Gasteiger partial charge in [-0.25, -0.2) is 4.58 Å². The van der Waals surface area contributed by atoms with Crippen molar-refractivity contribution in [1.29, 1.82) is 0 Å². The van der Waals surface area contributed by atoms with E-state index < -0.39 is 0 Å². The van der Waals surface area contributed by atoms with E-state index in [1.54, 1.807) is 5.56 Å². The first-order chi connectivity index (χ1) is 9.45. The number of fused-ring (bicyclic) bond motifs is 4. The minimum absolute atomic E-state index is 0.638. The highest BCUT2D eigenvalue weighted by molar-refractivity contribution is 5.72. The zero-order valence-electron chi connectivity index (χ0n) is 11.8. The Kier molecular flexibility index (Phi) is 4.29. The van der Waals surface area contributed by atoms with Crippen LogP contribution in [0.2, 0.25) is 0 Å². The Morgan fingerprint density at radius 2 is 1.79 bits per heavy atom. The lowest BCUT2D eigenvalue weighted by Gasteiger charge is -2.07. The van der Waals surface area contributed by atoms with Crippen LogP contribution in [0.25, 0.3) is 0 Å². The maximum atomic E-state index is 3.58. The molecule has 2 aliphatic heterocycles. The summed E-state index contributed by atoms with van der Waals surface area (Å²) >= 11 is 0. The average Bonchev–Trinajstić information content (AvgIpc) is 2.80. The Bertz CT molecular complexity index is 450. The van der Waals surface area contributed by atoms with E-state index >= 15 is 0 Å². The van der Waals surface area contributed by atoms with Crippen molar-refractivity contribution in [3.05, 3.63) is 29.8 Å². The van der Waals surface area contributed by atoms with Crippen LogP contribution in [-0.4, -0.2) is 30.4 Å². The van der Waals surface area contributed by atoms with Gasteiger partial charge < -0.3 is 5.32 Å². The second kappa shape index (κ2) is 6.33. The molecule has 3 rings (SSSR count). The number of benzene rings is 1. The van der Waals surface area contributed by atoms with Crippen molar-refractivity contribution in [3.8, 4) is 0 Å². The first-order valence-corrected chi connectivity index (χ1v) is 7.86. The minimum Gasteiger partial charge on any atom is -0.317 e. The molecule has 0 aliphatic carbocycles. The van der Waals surface area contributed by atoms with Crippen molar-refractivity contribution in [2.75, 3.05) is 19.6 Å². The molecule has 0 fully saturated rings. The molecule has 0 spiro atoms. The topological polar surface area (TPSA) is 15.0 Å². The first kappa shape index (κ1) is 12.9. The van der Waals surface area contributed by atoms with Crippen LogP contribution < -0.4 is 5.32 Å². The molecule has 1 aromatic rings. The smallest absolute Gasteiger partial charge is 0.208 e. The largest absolute Gasteiger partial charge is 0.317 e. The molecule has 1 unspecified atom stereocenters. The molecule has 102 valence electrons. The lowest BCUT2D eigenvalue weighted by atomic mass is 9.96. The van der Waals surface area contributed by atoms with Crippen LogP contribution in [0.4, 0.5) is 5.69 Å². The van der Waals surface area contributed by atoms with Gasteiger partial charge in [-0.15, -0.1) is 0 Å². The van der Waals surface area contributed by atoms with Crippen LogP contribution in [0.15, 0.2) is 24.3 Å². The molecular weight excluding hydrogens is 232 g/mol. The molecule has 0 amide bonds. The number of rotatable bonds is 0. The molecule has 0 radical (unpaired) electrons. The fourth-order valence-corrected chi connectivity index (χ4v) is 3.32. The van der Waals surface area contributed by atoms with E-state index in [1.165, 1.54) is 63.8 Å². The molecule has 2 heteroatoms. The summed E-state index contributed by atoms with van der Waals surface area (Å²) in [7, 11) is 0. The molecule has 0 saturated carbocycles. The lowest BCUT2D eigenvalue weighted by molar-refractivity contribution is -0.433. The molecule has 19 heavy (non-hydrogen) atoms. The average molecular weight is 257 g/mol. The van der Waals surface area contributed by atoms with Gasteiger partial charge in [-0.05, 0) is 38.8 Å². The summed E-state index contributed by atoms with van der Waals surface area (Å²) in [6.45, 7) is 3.57. The summed E-state index contributed by atoms with van der Waals surface area (Å²) in [6.07, 6.45) is 10.4. The van der Waals surface area contributed by atoms with Gasteiger partial charge in [0.2, 0.25) is 5.69 Å². The second-order valence-corrected chi connectivity index (χ2v) is 5.81. The summed E-state index contributed by atoms with van der Waals surface area (Å²) in [5.74, 6) is 0.638. The summed E-state index contributed by atoms with van der Waals surface area (Å²) in [5.41, 5.74) is 3.00. The maximum Gasteiger partial charge on any atom is 0.208 e. The van der Waals surface area contributed by atoms with E-state index in [9.17, 15) is 0 Å². The zero-order chi connectivity index (χ0) is 12.9. The number of hydrogen-bond donors (Lipinski definition) is 1. The van der Waals surface area contributed by atoms with Gasteiger partial charge in [-0.1, -0.05) is 24.6 Å². The van der Waals surface area contributed by atoms with E-state index in [2.05, 4.69) is 40.4 Å². The zero-order valence-corrected chi connectivity index (χ0v) is 11.8. The van der Waals surface area contributed by atoms with Crippen molar-refractivity contribution in [2.45, 2.75) is 44.4 Å². The van der Waals surface area contributed by atoms with Gasteiger partial charge in [-0.3, -0.25) is 0 Å². The number of hydrogen-bond acceptors (Lipinski definition) is 1. The van der Waals surface area contributed by atoms with Gasteiger partial charge in [-0.2, -0.15) is 0 Å². The first-order valence-electron chi connectivity index (χ1n) is 7.86. The van der Waals surface area contributed by atoms with Crippen LogP contribution in [0.5, 0.6) is 0 Å². The maximum absolute atomic E-state index is 3.58. The van der Waals surface area contributed by atoms with E-state index in [1.807, 2.05) is 0 Å². The quantitative estimate of drug-likeness (QED) is 0.704. The highest BCUT2D eigenvalue weighted by Gasteiger charge is 2.29. The van der Waals surface area contributed by atoms with E-state index in [-0.39, 0.29) is 0 Å².